The molecular formula is C20H22ClN3O2. The third-order valence-electron chi connectivity index (χ3n) is 4.11. The van der Waals surface area contributed by atoms with Gasteiger partial charge in [-0.05, 0) is 38.2 Å². The number of methoxy groups -OCH3 is 1. The van der Waals surface area contributed by atoms with Crippen LogP contribution in [0.15, 0.2) is 53.1 Å². The summed E-state index contributed by atoms with van der Waals surface area (Å²) in [6.07, 6.45) is 1.67. The van der Waals surface area contributed by atoms with E-state index < -0.39 is 0 Å². The van der Waals surface area contributed by atoms with Gasteiger partial charge in [0.05, 0.1) is 7.11 Å². The first-order valence-electron chi connectivity index (χ1n) is 8.54. The van der Waals surface area contributed by atoms with Crippen LogP contribution >= 0.6 is 11.6 Å². The Morgan fingerprint density at radius 2 is 1.96 bits per heavy atom. The monoisotopic (exact) mass is 371 g/mol. The van der Waals surface area contributed by atoms with Gasteiger partial charge in [0.2, 0.25) is 11.7 Å². The first-order valence-corrected chi connectivity index (χ1v) is 8.92. The molecule has 0 N–H and O–H groups in total. The van der Waals surface area contributed by atoms with Crippen molar-refractivity contribution in [3.8, 4) is 17.1 Å². The van der Waals surface area contributed by atoms with Crippen molar-refractivity contribution in [2.75, 3.05) is 20.7 Å². The number of benzene rings is 2. The van der Waals surface area contributed by atoms with Crippen molar-refractivity contribution < 1.29 is 9.26 Å². The van der Waals surface area contributed by atoms with Crippen molar-refractivity contribution >= 4 is 11.6 Å². The highest BCUT2D eigenvalue weighted by molar-refractivity contribution is 6.30. The summed E-state index contributed by atoms with van der Waals surface area (Å²) in [5.74, 6) is 2.15. The first-order chi connectivity index (χ1) is 12.7. The lowest BCUT2D eigenvalue weighted by molar-refractivity contribution is 0.303. The Hall–Kier alpha value is -2.37. The van der Waals surface area contributed by atoms with Gasteiger partial charge in [-0.1, -0.05) is 47.1 Å². The quantitative estimate of drug-likeness (QED) is 0.585. The summed E-state index contributed by atoms with van der Waals surface area (Å²) in [5, 5.41) is 4.77. The number of hydrogen-bond donors (Lipinski definition) is 0. The third-order valence-corrected chi connectivity index (χ3v) is 4.35. The van der Waals surface area contributed by atoms with Crippen LogP contribution in [0.4, 0.5) is 0 Å². The zero-order chi connectivity index (χ0) is 18.4. The van der Waals surface area contributed by atoms with Crippen LogP contribution in [0.25, 0.3) is 11.4 Å². The van der Waals surface area contributed by atoms with E-state index in [-0.39, 0.29) is 0 Å². The molecule has 136 valence electrons. The SMILES string of the molecule is COc1ccc(Cl)cc1CN(C)CCCc1nc(-c2ccccc2)no1. The van der Waals surface area contributed by atoms with Gasteiger partial charge in [0.25, 0.3) is 0 Å². The van der Waals surface area contributed by atoms with Crippen molar-refractivity contribution in [2.45, 2.75) is 19.4 Å². The smallest absolute Gasteiger partial charge is 0.227 e. The van der Waals surface area contributed by atoms with Crippen LogP contribution in [0.3, 0.4) is 0 Å². The molecule has 0 aliphatic rings. The van der Waals surface area contributed by atoms with E-state index in [1.54, 1.807) is 7.11 Å². The number of ether oxygens (including phenoxy) is 1. The van der Waals surface area contributed by atoms with Crippen LogP contribution in [0, 0.1) is 0 Å². The topological polar surface area (TPSA) is 51.4 Å². The second-order valence-corrected chi connectivity index (χ2v) is 6.61. The van der Waals surface area contributed by atoms with Crippen molar-refractivity contribution in [1.29, 1.82) is 0 Å². The molecule has 0 radical (unpaired) electrons. The maximum absolute atomic E-state index is 6.09. The summed E-state index contributed by atoms with van der Waals surface area (Å²) < 4.78 is 10.8. The first kappa shape index (κ1) is 18.4. The van der Waals surface area contributed by atoms with Crippen molar-refractivity contribution in [2.24, 2.45) is 0 Å². The molecule has 3 rings (SSSR count). The molecule has 26 heavy (non-hydrogen) atoms. The normalized spacial score (nSPS) is 11.1. The van der Waals surface area contributed by atoms with E-state index in [0.29, 0.717) is 16.7 Å². The highest BCUT2D eigenvalue weighted by Gasteiger charge is 2.10. The average Bonchev–Trinajstić information content (AvgIpc) is 3.11. The van der Waals surface area contributed by atoms with Gasteiger partial charge in [-0.3, -0.25) is 0 Å². The molecule has 2 aromatic carbocycles. The number of hydrogen-bond acceptors (Lipinski definition) is 5. The Kier molecular flexibility index (Phi) is 6.26. The molecule has 0 aliphatic heterocycles. The Balaban J connectivity index is 1.51. The molecular weight excluding hydrogens is 350 g/mol. The number of halogens is 1. The van der Waals surface area contributed by atoms with Crippen LogP contribution in [0.2, 0.25) is 5.02 Å². The van der Waals surface area contributed by atoms with Gasteiger partial charge in [0, 0.05) is 29.1 Å². The van der Waals surface area contributed by atoms with Crippen LogP contribution in [-0.4, -0.2) is 35.7 Å². The van der Waals surface area contributed by atoms with E-state index in [1.165, 1.54) is 0 Å². The highest BCUT2D eigenvalue weighted by Crippen LogP contribution is 2.24. The molecule has 0 atom stereocenters. The van der Waals surface area contributed by atoms with Gasteiger partial charge in [-0.25, -0.2) is 0 Å². The van der Waals surface area contributed by atoms with Crippen LogP contribution in [0.1, 0.15) is 17.9 Å². The molecule has 5 nitrogen and oxygen atoms in total. The third kappa shape index (κ3) is 4.84. The molecule has 0 amide bonds. The van der Waals surface area contributed by atoms with Crippen LogP contribution < -0.4 is 4.74 Å². The fourth-order valence-electron chi connectivity index (χ4n) is 2.80. The maximum atomic E-state index is 6.09. The van der Waals surface area contributed by atoms with Crippen LogP contribution in [-0.2, 0) is 13.0 Å². The van der Waals surface area contributed by atoms with E-state index in [1.807, 2.05) is 48.5 Å². The summed E-state index contributed by atoms with van der Waals surface area (Å²) in [6.45, 7) is 1.67. The van der Waals surface area contributed by atoms with Crippen LogP contribution in [0.5, 0.6) is 5.75 Å². The molecule has 0 bridgehead atoms. The molecule has 1 heterocycles. The van der Waals surface area contributed by atoms with Gasteiger partial charge in [-0.15, -0.1) is 0 Å². The van der Waals surface area contributed by atoms with E-state index in [0.717, 1.165) is 42.8 Å². The van der Waals surface area contributed by atoms with E-state index in [9.17, 15) is 0 Å². The van der Waals surface area contributed by atoms with Gasteiger partial charge >= 0.3 is 0 Å². The van der Waals surface area contributed by atoms with E-state index in [4.69, 9.17) is 20.9 Å². The summed E-state index contributed by atoms with van der Waals surface area (Å²) in [7, 11) is 3.75. The molecule has 1 aromatic heterocycles. The number of aromatic nitrogens is 2. The maximum Gasteiger partial charge on any atom is 0.227 e. The van der Waals surface area contributed by atoms with E-state index >= 15 is 0 Å². The Labute approximate surface area is 158 Å². The second-order valence-electron chi connectivity index (χ2n) is 6.18. The summed E-state index contributed by atoms with van der Waals surface area (Å²) in [5.41, 5.74) is 2.04. The number of nitrogens with zero attached hydrogens (tertiary/aromatic N) is 3. The largest absolute Gasteiger partial charge is 0.496 e. The molecule has 0 spiro atoms. The number of rotatable bonds is 8. The lowest BCUT2D eigenvalue weighted by Crippen LogP contribution is -2.20. The molecule has 3 aromatic rings. The summed E-state index contributed by atoms with van der Waals surface area (Å²) >= 11 is 6.09. The second kappa shape index (κ2) is 8.83. The van der Waals surface area contributed by atoms with Crippen molar-refractivity contribution in [1.82, 2.24) is 15.0 Å². The molecule has 0 saturated carbocycles. The zero-order valence-electron chi connectivity index (χ0n) is 15.0. The summed E-state index contributed by atoms with van der Waals surface area (Å²) in [4.78, 5) is 6.69. The molecule has 0 aliphatic carbocycles. The standard InChI is InChI=1S/C20H22ClN3O2/c1-24(14-16-13-17(21)10-11-18(16)25-2)12-6-9-19-22-20(23-26-19)15-7-4-3-5-8-15/h3-5,7-8,10-11,13H,6,9,12,14H2,1-2H3. The zero-order valence-corrected chi connectivity index (χ0v) is 15.7. The van der Waals surface area contributed by atoms with Gasteiger partial charge in [0.15, 0.2) is 0 Å². The Morgan fingerprint density at radius 1 is 1.15 bits per heavy atom. The fraction of sp³-hybridized carbons (Fsp3) is 0.300. The molecule has 6 heteroatoms. The lowest BCUT2D eigenvalue weighted by Gasteiger charge is -2.18. The van der Waals surface area contributed by atoms with Gasteiger partial charge < -0.3 is 14.2 Å². The van der Waals surface area contributed by atoms with Gasteiger partial charge in [-0.2, -0.15) is 4.98 Å². The Morgan fingerprint density at radius 3 is 2.73 bits per heavy atom. The Bertz CT molecular complexity index is 836. The van der Waals surface area contributed by atoms with Crippen molar-refractivity contribution in [3.63, 3.8) is 0 Å². The van der Waals surface area contributed by atoms with E-state index in [2.05, 4.69) is 22.1 Å². The minimum absolute atomic E-state index is 0.637. The predicted molar refractivity (Wildman–Crippen MR) is 102 cm³/mol. The minimum atomic E-state index is 0.637. The molecule has 0 unspecified atom stereocenters. The molecule has 0 saturated heterocycles. The molecule has 0 fully saturated rings. The summed E-state index contributed by atoms with van der Waals surface area (Å²) in [6, 6.07) is 15.5. The number of aryl methyl sites for hydroxylation is 1. The predicted octanol–water partition coefficient (Wildman–Crippen LogP) is 4.46. The lowest BCUT2D eigenvalue weighted by atomic mass is 10.2. The highest BCUT2D eigenvalue weighted by atomic mass is 35.5. The van der Waals surface area contributed by atoms with Crippen molar-refractivity contribution in [3.05, 3.63) is 65.0 Å². The average molecular weight is 372 g/mol. The minimum Gasteiger partial charge on any atom is -0.496 e. The fourth-order valence-corrected chi connectivity index (χ4v) is 3.00. The van der Waals surface area contributed by atoms with Gasteiger partial charge in [0.1, 0.15) is 5.75 Å².